The van der Waals surface area contributed by atoms with Crippen molar-refractivity contribution < 1.29 is 4.79 Å². The van der Waals surface area contributed by atoms with Crippen LogP contribution in [0.3, 0.4) is 0 Å². The quantitative estimate of drug-likeness (QED) is 0.579. The minimum atomic E-state index is -0.0555. The first kappa shape index (κ1) is 20.1. The zero-order valence-electron chi connectivity index (χ0n) is 16.8. The molecule has 0 aliphatic carbocycles. The molecule has 0 fully saturated rings. The van der Waals surface area contributed by atoms with Crippen molar-refractivity contribution in [3.8, 4) is 11.4 Å². The van der Waals surface area contributed by atoms with Crippen LogP contribution in [0.25, 0.3) is 11.4 Å². The van der Waals surface area contributed by atoms with Crippen LogP contribution in [-0.4, -0.2) is 26.4 Å². The van der Waals surface area contributed by atoms with Gasteiger partial charge >= 0.3 is 0 Å². The lowest BCUT2D eigenvalue weighted by atomic mass is 10.0. The van der Waals surface area contributed by atoms with Crippen molar-refractivity contribution in [2.45, 2.75) is 38.3 Å². The van der Waals surface area contributed by atoms with Crippen LogP contribution in [0.2, 0.25) is 0 Å². The van der Waals surface area contributed by atoms with Gasteiger partial charge in [0.1, 0.15) is 0 Å². The van der Waals surface area contributed by atoms with E-state index in [-0.39, 0.29) is 11.7 Å². The van der Waals surface area contributed by atoms with Gasteiger partial charge in [0.2, 0.25) is 5.91 Å². The van der Waals surface area contributed by atoms with Gasteiger partial charge < -0.3 is 9.88 Å². The highest BCUT2D eigenvalue weighted by Gasteiger charge is 2.13. The second-order valence-electron chi connectivity index (χ2n) is 7.03. The fraction of sp³-hybridized carbons (Fsp3) is 0.318. The van der Waals surface area contributed by atoms with Crippen molar-refractivity contribution in [2.24, 2.45) is 7.05 Å². The minimum absolute atomic E-state index is 0.0555. The van der Waals surface area contributed by atoms with Gasteiger partial charge in [-0.3, -0.25) is 4.79 Å². The van der Waals surface area contributed by atoms with Crippen LogP contribution in [0.4, 0.5) is 5.69 Å². The van der Waals surface area contributed by atoms with Crippen LogP contribution >= 0.6 is 11.8 Å². The number of hydrogen-bond donors (Lipinski definition) is 1. The van der Waals surface area contributed by atoms with Crippen molar-refractivity contribution >= 4 is 23.4 Å². The predicted octanol–water partition coefficient (Wildman–Crippen LogP) is 4.90. The number of nitrogens with zero attached hydrogens (tertiary/aromatic N) is 3. The van der Waals surface area contributed by atoms with Crippen molar-refractivity contribution in [1.29, 1.82) is 0 Å². The molecule has 0 aliphatic heterocycles. The molecular formula is C22H26N4OS. The van der Waals surface area contributed by atoms with Crippen LogP contribution in [-0.2, 0) is 18.3 Å². The molecule has 1 heterocycles. The summed E-state index contributed by atoms with van der Waals surface area (Å²) in [6, 6.07) is 16.3. The van der Waals surface area contributed by atoms with Crippen LogP contribution in [0.5, 0.6) is 0 Å². The summed E-state index contributed by atoms with van der Waals surface area (Å²) in [5.41, 5.74) is 4.38. The first-order valence-electron chi connectivity index (χ1n) is 9.49. The summed E-state index contributed by atoms with van der Waals surface area (Å²) in [5, 5.41) is 12.2. The monoisotopic (exact) mass is 394 g/mol. The third kappa shape index (κ3) is 4.81. The normalized spacial score (nSPS) is 11.0. The molecule has 0 spiro atoms. The maximum absolute atomic E-state index is 12.2. The van der Waals surface area contributed by atoms with Crippen LogP contribution in [0, 0.1) is 0 Å². The highest BCUT2D eigenvalue weighted by Crippen LogP contribution is 2.24. The maximum atomic E-state index is 12.2. The average molecular weight is 395 g/mol. The number of anilines is 1. The third-order valence-corrected chi connectivity index (χ3v) is 5.67. The van der Waals surface area contributed by atoms with Crippen LogP contribution in [0.15, 0.2) is 53.7 Å². The van der Waals surface area contributed by atoms with Gasteiger partial charge in [-0.05, 0) is 35.6 Å². The van der Waals surface area contributed by atoms with E-state index in [1.54, 1.807) is 0 Å². The first-order chi connectivity index (χ1) is 13.5. The predicted molar refractivity (Wildman–Crippen MR) is 116 cm³/mol. The summed E-state index contributed by atoms with van der Waals surface area (Å²) in [7, 11) is 1.93. The Balaban J connectivity index is 1.61. The molecule has 0 saturated heterocycles. The summed E-state index contributed by atoms with van der Waals surface area (Å²) in [4.78, 5) is 12.2. The molecule has 0 unspecified atom stereocenters. The van der Waals surface area contributed by atoms with Gasteiger partial charge in [-0.25, -0.2) is 0 Å². The van der Waals surface area contributed by atoms with E-state index in [0.29, 0.717) is 5.92 Å². The fourth-order valence-corrected chi connectivity index (χ4v) is 3.57. The average Bonchev–Trinajstić information content (AvgIpc) is 3.07. The van der Waals surface area contributed by atoms with Gasteiger partial charge in [-0.1, -0.05) is 68.9 Å². The van der Waals surface area contributed by atoms with E-state index in [9.17, 15) is 4.79 Å². The lowest BCUT2D eigenvalue weighted by Crippen LogP contribution is -2.14. The molecule has 146 valence electrons. The van der Waals surface area contributed by atoms with Crippen molar-refractivity contribution in [3.63, 3.8) is 0 Å². The fourth-order valence-electron chi connectivity index (χ4n) is 2.86. The number of rotatable bonds is 7. The largest absolute Gasteiger partial charge is 0.325 e. The molecule has 3 aromatic rings. The number of hydrogen-bond acceptors (Lipinski definition) is 4. The first-order valence-corrected chi connectivity index (χ1v) is 10.5. The molecule has 3 rings (SSSR count). The summed E-state index contributed by atoms with van der Waals surface area (Å²) < 4.78 is 1.93. The summed E-state index contributed by atoms with van der Waals surface area (Å²) in [6.45, 7) is 6.46. The SMILES string of the molecule is CCc1ccc(NC(=O)CSc2nnc(-c3ccc(C(C)C)cc3)n2C)cc1. The zero-order valence-corrected chi connectivity index (χ0v) is 17.6. The van der Waals surface area contributed by atoms with Crippen LogP contribution < -0.4 is 5.32 Å². The summed E-state index contributed by atoms with van der Waals surface area (Å²) in [5.74, 6) is 1.53. The van der Waals surface area contributed by atoms with Gasteiger partial charge in [-0.15, -0.1) is 10.2 Å². The Labute approximate surface area is 170 Å². The topological polar surface area (TPSA) is 59.8 Å². The van der Waals surface area contributed by atoms with Gasteiger partial charge in [0.05, 0.1) is 5.75 Å². The van der Waals surface area contributed by atoms with Gasteiger partial charge in [-0.2, -0.15) is 0 Å². The van der Waals surface area contributed by atoms with Gasteiger partial charge in [0, 0.05) is 18.3 Å². The summed E-state index contributed by atoms with van der Waals surface area (Å²) >= 11 is 1.38. The standard InChI is InChI=1S/C22H26N4OS/c1-5-16-6-12-19(13-7-16)23-20(27)14-28-22-25-24-21(26(22)4)18-10-8-17(9-11-18)15(2)3/h6-13,15H,5,14H2,1-4H3,(H,23,27). The Morgan fingerprint density at radius 1 is 1.07 bits per heavy atom. The molecule has 0 bridgehead atoms. The van der Waals surface area contributed by atoms with E-state index in [2.05, 4.69) is 60.6 Å². The molecule has 1 amide bonds. The molecule has 28 heavy (non-hydrogen) atoms. The Bertz CT molecular complexity index is 930. The smallest absolute Gasteiger partial charge is 0.234 e. The van der Waals surface area contributed by atoms with E-state index in [0.717, 1.165) is 28.7 Å². The van der Waals surface area contributed by atoms with Crippen molar-refractivity contribution in [2.75, 3.05) is 11.1 Å². The van der Waals surface area contributed by atoms with Gasteiger partial charge in [0.25, 0.3) is 0 Å². The number of carbonyl (C=O) groups is 1. The van der Waals surface area contributed by atoms with E-state index < -0.39 is 0 Å². The molecule has 1 N–H and O–H groups in total. The van der Waals surface area contributed by atoms with E-state index >= 15 is 0 Å². The summed E-state index contributed by atoms with van der Waals surface area (Å²) in [6.07, 6.45) is 0.985. The number of nitrogens with one attached hydrogen (secondary N) is 1. The number of benzene rings is 2. The minimum Gasteiger partial charge on any atom is -0.325 e. The zero-order chi connectivity index (χ0) is 20.1. The second kappa shape index (κ2) is 9.06. The Kier molecular flexibility index (Phi) is 6.52. The van der Waals surface area contributed by atoms with E-state index in [1.807, 2.05) is 35.9 Å². The Morgan fingerprint density at radius 2 is 1.75 bits per heavy atom. The number of aryl methyl sites for hydroxylation is 1. The molecule has 0 radical (unpaired) electrons. The van der Waals surface area contributed by atoms with E-state index in [1.165, 1.54) is 22.9 Å². The number of aromatic nitrogens is 3. The molecule has 1 aromatic heterocycles. The van der Waals surface area contributed by atoms with E-state index in [4.69, 9.17) is 0 Å². The molecule has 5 nitrogen and oxygen atoms in total. The number of carbonyl (C=O) groups excluding carboxylic acids is 1. The third-order valence-electron chi connectivity index (χ3n) is 4.65. The number of amides is 1. The maximum Gasteiger partial charge on any atom is 0.234 e. The van der Waals surface area contributed by atoms with Crippen LogP contribution in [0.1, 0.15) is 37.8 Å². The molecular weight excluding hydrogens is 368 g/mol. The van der Waals surface area contributed by atoms with Crippen molar-refractivity contribution in [3.05, 3.63) is 59.7 Å². The highest BCUT2D eigenvalue weighted by atomic mass is 32.2. The lowest BCUT2D eigenvalue weighted by Gasteiger charge is -2.08. The molecule has 0 saturated carbocycles. The molecule has 2 aromatic carbocycles. The molecule has 0 atom stereocenters. The molecule has 0 aliphatic rings. The Hall–Kier alpha value is -2.60. The Morgan fingerprint density at radius 3 is 2.36 bits per heavy atom. The lowest BCUT2D eigenvalue weighted by molar-refractivity contribution is -0.113. The van der Waals surface area contributed by atoms with Crippen molar-refractivity contribution in [1.82, 2.24) is 14.8 Å². The van der Waals surface area contributed by atoms with Gasteiger partial charge in [0.15, 0.2) is 11.0 Å². The second-order valence-corrected chi connectivity index (χ2v) is 7.97. The molecule has 6 heteroatoms. The number of thioether (sulfide) groups is 1. The highest BCUT2D eigenvalue weighted by molar-refractivity contribution is 7.99.